The quantitative estimate of drug-likeness (QED) is 0.830. The molecule has 0 aliphatic rings. The maximum absolute atomic E-state index is 5.52. The first-order valence-electron chi connectivity index (χ1n) is 6.69. The number of hydrogen-bond donors (Lipinski definition) is 1. The largest absolute Gasteiger partial charge is 0.492 e. The highest BCUT2D eigenvalue weighted by molar-refractivity contribution is 5.30. The lowest BCUT2D eigenvalue weighted by atomic mass is 10.1. The minimum atomic E-state index is 0.0165. The molecule has 0 aromatic carbocycles. The molecule has 2 heterocycles. The van der Waals surface area contributed by atoms with Gasteiger partial charge in [0.25, 0.3) is 0 Å². The topological polar surface area (TPSA) is 47.3 Å². The van der Waals surface area contributed by atoms with Crippen molar-refractivity contribution < 1.29 is 9.15 Å². The number of ether oxygens (including phenoxy) is 1. The molecular weight excluding hydrogens is 240 g/mol. The van der Waals surface area contributed by atoms with Gasteiger partial charge in [-0.2, -0.15) is 0 Å². The van der Waals surface area contributed by atoms with E-state index in [0.717, 1.165) is 30.0 Å². The molecule has 0 saturated heterocycles. The zero-order chi connectivity index (χ0) is 13.5. The number of pyridine rings is 1. The summed E-state index contributed by atoms with van der Waals surface area (Å²) in [5.41, 5.74) is 1.05. The number of aromatic nitrogens is 1. The van der Waals surface area contributed by atoms with Crippen LogP contribution < -0.4 is 10.1 Å². The van der Waals surface area contributed by atoms with E-state index >= 15 is 0 Å². The van der Waals surface area contributed by atoms with Crippen LogP contribution in [0.1, 0.15) is 37.6 Å². The summed E-state index contributed by atoms with van der Waals surface area (Å²) in [7, 11) is 0. The molecule has 0 amide bonds. The van der Waals surface area contributed by atoms with E-state index in [1.807, 2.05) is 31.3 Å². The van der Waals surface area contributed by atoms with Gasteiger partial charge in [0.15, 0.2) is 0 Å². The van der Waals surface area contributed by atoms with Crippen molar-refractivity contribution in [2.24, 2.45) is 0 Å². The Labute approximate surface area is 113 Å². The van der Waals surface area contributed by atoms with Crippen LogP contribution in [0.25, 0.3) is 0 Å². The highest BCUT2D eigenvalue weighted by Crippen LogP contribution is 2.24. The monoisotopic (exact) mass is 260 g/mol. The minimum absolute atomic E-state index is 0.0165. The van der Waals surface area contributed by atoms with Crippen LogP contribution in [-0.4, -0.2) is 18.1 Å². The summed E-state index contributed by atoms with van der Waals surface area (Å²) in [5.74, 6) is 1.68. The van der Waals surface area contributed by atoms with Gasteiger partial charge in [-0.25, -0.2) is 0 Å². The van der Waals surface area contributed by atoms with E-state index < -0.39 is 0 Å². The van der Waals surface area contributed by atoms with Gasteiger partial charge in [-0.05, 0) is 43.7 Å². The first kappa shape index (κ1) is 13.6. The lowest BCUT2D eigenvalue weighted by Gasteiger charge is -2.17. The summed E-state index contributed by atoms with van der Waals surface area (Å²) >= 11 is 0. The molecule has 2 rings (SSSR count). The Balaban J connectivity index is 2.24. The summed E-state index contributed by atoms with van der Waals surface area (Å²) in [4.78, 5) is 4.24. The van der Waals surface area contributed by atoms with Crippen LogP contribution in [0, 0.1) is 0 Å². The standard InChI is InChI=1S/C15H20N2O2/c1-3-7-17-15(14-6-5-8-19-14)12-9-13(18-4-2)11-16-10-12/h5-6,8-11,15,17H,3-4,7H2,1-2H3. The molecular formula is C15H20N2O2. The normalized spacial score (nSPS) is 12.3. The SMILES string of the molecule is CCCNC(c1cncc(OCC)c1)c1ccco1. The molecule has 2 aromatic heterocycles. The fourth-order valence-corrected chi connectivity index (χ4v) is 1.97. The number of furan rings is 1. The van der Waals surface area contributed by atoms with E-state index in [4.69, 9.17) is 9.15 Å². The minimum Gasteiger partial charge on any atom is -0.492 e. The molecule has 0 aliphatic heterocycles. The molecule has 1 atom stereocenters. The molecule has 4 nitrogen and oxygen atoms in total. The van der Waals surface area contributed by atoms with Gasteiger partial charge in [-0.1, -0.05) is 6.92 Å². The Hall–Kier alpha value is -1.81. The molecule has 0 spiro atoms. The lowest BCUT2D eigenvalue weighted by Crippen LogP contribution is -2.23. The van der Waals surface area contributed by atoms with Crippen molar-refractivity contribution in [1.82, 2.24) is 10.3 Å². The van der Waals surface area contributed by atoms with Crippen LogP contribution in [0.4, 0.5) is 0 Å². The molecule has 4 heteroatoms. The van der Waals surface area contributed by atoms with E-state index in [1.165, 1.54) is 0 Å². The van der Waals surface area contributed by atoms with E-state index in [9.17, 15) is 0 Å². The highest BCUT2D eigenvalue weighted by atomic mass is 16.5. The van der Waals surface area contributed by atoms with Gasteiger partial charge < -0.3 is 14.5 Å². The third-order valence-electron chi connectivity index (χ3n) is 2.80. The second-order valence-electron chi connectivity index (χ2n) is 4.29. The molecule has 102 valence electrons. The average molecular weight is 260 g/mol. The van der Waals surface area contributed by atoms with Crippen LogP contribution in [0.5, 0.6) is 5.75 Å². The van der Waals surface area contributed by atoms with Crippen molar-refractivity contribution in [1.29, 1.82) is 0 Å². The fraction of sp³-hybridized carbons (Fsp3) is 0.400. The van der Waals surface area contributed by atoms with Crippen molar-refractivity contribution in [2.75, 3.05) is 13.2 Å². The maximum Gasteiger partial charge on any atom is 0.137 e. The third kappa shape index (κ3) is 3.58. The van der Waals surface area contributed by atoms with Gasteiger partial charge in [0, 0.05) is 6.20 Å². The van der Waals surface area contributed by atoms with Crippen molar-refractivity contribution in [3.63, 3.8) is 0 Å². The molecule has 0 fully saturated rings. The Kier molecular flexibility index (Phi) is 4.98. The van der Waals surface area contributed by atoms with Gasteiger partial charge in [0.1, 0.15) is 11.5 Å². The van der Waals surface area contributed by atoms with Crippen LogP contribution >= 0.6 is 0 Å². The Morgan fingerprint density at radius 3 is 2.95 bits per heavy atom. The zero-order valence-corrected chi connectivity index (χ0v) is 11.4. The van der Waals surface area contributed by atoms with Gasteiger partial charge in [-0.3, -0.25) is 4.98 Å². The zero-order valence-electron chi connectivity index (χ0n) is 11.4. The molecule has 0 bridgehead atoms. The summed E-state index contributed by atoms with van der Waals surface area (Å²) in [6.07, 6.45) is 6.33. The Bertz CT molecular complexity index is 483. The summed E-state index contributed by atoms with van der Waals surface area (Å²) in [6.45, 7) is 5.66. The number of nitrogens with one attached hydrogen (secondary N) is 1. The maximum atomic E-state index is 5.52. The second kappa shape index (κ2) is 6.95. The first-order valence-corrected chi connectivity index (χ1v) is 6.69. The molecule has 0 aliphatic carbocycles. The lowest BCUT2D eigenvalue weighted by molar-refractivity contribution is 0.337. The van der Waals surface area contributed by atoms with Crippen LogP contribution in [-0.2, 0) is 0 Å². The molecule has 2 aromatic rings. The van der Waals surface area contributed by atoms with Crippen LogP contribution in [0.2, 0.25) is 0 Å². The van der Waals surface area contributed by atoms with Gasteiger partial charge in [0.05, 0.1) is 25.1 Å². The van der Waals surface area contributed by atoms with E-state index in [1.54, 1.807) is 12.5 Å². The Morgan fingerprint density at radius 1 is 1.37 bits per heavy atom. The fourth-order valence-electron chi connectivity index (χ4n) is 1.97. The second-order valence-corrected chi connectivity index (χ2v) is 4.29. The molecule has 0 radical (unpaired) electrons. The smallest absolute Gasteiger partial charge is 0.137 e. The van der Waals surface area contributed by atoms with Gasteiger partial charge in [0.2, 0.25) is 0 Å². The van der Waals surface area contributed by atoms with Crippen molar-refractivity contribution in [3.8, 4) is 5.75 Å². The predicted molar refractivity (Wildman–Crippen MR) is 74.3 cm³/mol. The van der Waals surface area contributed by atoms with Crippen LogP contribution in [0.15, 0.2) is 41.3 Å². The van der Waals surface area contributed by atoms with Crippen LogP contribution in [0.3, 0.4) is 0 Å². The Morgan fingerprint density at radius 2 is 2.26 bits per heavy atom. The summed E-state index contributed by atoms with van der Waals surface area (Å²) < 4.78 is 11.0. The predicted octanol–water partition coefficient (Wildman–Crippen LogP) is 3.16. The van der Waals surface area contributed by atoms with Gasteiger partial charge in [-0.15, -0.1) is 0 Å². The number of hydrogen-bond acceptors (Lipinski definition) is 4. The van der Waals surface area contributed by atoms with Crippen molar-refractivity contribution in [2.45, 2.75) is 26.3 Å². The van der Waals surface area contributed by atoms with E-state index in [0.29, 0.717) is 6.61 Å². The number of rotatable bonds is 7. The molecule has 19 heavy (non-hydrogen) atoms. The number of nitrogens with zero attached hydrogens (tertiary/aromatic N) is 1. The summed E-state index contributed by atoms with van der Waals surface area (Å²) in [6, 6.07) is 5.89. The van der Waals surface area contributed by atoms with Gasteiger partial charge >= 0.3 is 0 Å². The first-order chi connectivity index (χ1) is 9.35. The van der Waals surface area contributed by atoms with E-state index in [2.05, 4.69) is 17.2 Å². The highest BCUT2D eigenvalue weighted by Gasteiger charge is 2.16. The average Bonchev–Trinajstić information content (AvgIpc) is 2.94. The van der Waals surface area contributed by atoms with Crippen molar-refractivity contribution >= 4 is 0 Å². The van der Waals surface area contributed by atoms with Crippen molar-refractivity contribution in [3.05, 3.63) is 48.2 Å². The molecule has 1 N–H and O–H groups in total. The molecule has 0 saturated carbocycles. The molecule has 1 unspecified atom stereocenters. The third-order valence-corrected chi connectivity index (χ3v) is 2.80. The van der Waals surface area contributed by atoms with E-state index in [-0.39, 0.29) is 6.04 Å². The summed E-state index contributed by atoms with van der Waals surface area (Å²) in [5, 5.41) is 3.47.